The van der Waals surface area contributed by atoms with Crippen molar-refractivity contribution in [1.82, 2.24) is 0 Å². The quantitative estimate of drug-likeness (QED) is 0.207. The average molecular weight is 569 g/mol. The van der Waals surface area contributed by atoms with Crippen LogP contribution in [0.15, 0.2) is 24.3 Å². The highest BCUT2D eigenvalue weighted by atomic mass is 16.7. The van der Waals surface area contributed by atoms with Crippen LogP contribution >= 0.6 is 0 Å². The first-order chi connectivity index (χ1) is 18.5. The summed E-state index contributed by atoms with van der Waals surface area (Å²) in [7, 11) is 4.76. The molecule has 0 heterocycles. The third-order valence-electron chi connectivity index (χ3n) is 8.82. The van der Waals surface area contributed by atoms with Crippen LogP contribution in [-0.2, 0) is 47.6 Å². The van der Waals surface area contributed by atoms with Gasteiger partial charge in [0.2, 0.25) is 0 Å². The Labute approximate surface area is 234 Å². The predicted octanol–water partition coefficient (Wildman–Crippen LogP) is 4.16. The molecule has 0 spiro atoms. The molecule has 6 atom stereocenters. The number of carbonyl (C=O) groups excluding carboxylic acids is 6. The van der Waals surface area contributed by atoms with Gasteiger partial charge >= 0.3 is 36.2 Å². The molecule has 0 saturated carbocycles. The third-order valence-corrected chi connectivity index (χ3v) is 8.82. The second kappa shape index (κ2) is 13.1. The molecule has 2 aliphatic rings. The normalized spacial score (nSPS) is 32.4. The maximum atomic E-state index is 12.4. The Balaban J connectivity index is 0.000000400. The van der Waals surface area contributed by atoms with Crippen LogP contribution in [0.5, 0.6) is 0 Å². The fraction of sp³-hybridized carbons (Fsp3) is 0.643. The van der Waals surface area contributed by atoms with Gasteiger partial charge in [-0.3, -0.25) is 19.2 Å². The fourth-order valence-corrected chi connectivity index (χ4v) is 5.13. The van der Waals surface area contributed by atoms with Gasteiger partial charge in [-0.15, -0.1) is 0 Å². The van der Waals surface area contributed by atoms with E-state index in [2.05, 4.69) is 18.9 Å². The summed E-state index contributed by atoms with van der Waals surface area (Å²) >= 11 is 0. The fourth-order valence-electron chi connectivity index (χ4n) is 5.13. The Hall–Kier alpha value is -3.70. The number of allylic oxidation sites excluding steroid dienone is 4. The Kier molecular flexibility index (Phi) is 11.2. The first-order valence-electron chi connectivity index (χ1n) is 12.6. The molecular weight excluding hydrogens is 528 g/mol. The molecule has 224 valence electrons. The summed E-state index contributed by atoms with van der Waals surface area (Å²) in [6, 6.07) is 0. The number of carbonyl (C=O) groups is 6. The molecule has 40 heavy (non-hydrogen) atoms. The van der Waals surface area contributed by atoms with Crippen molar-refractivity contribution in [3.05, 3.63) is 24.3 Å². The van der Waals surface area contributed by atoms with Crippen LogP contribution in [0.2, 0.25) is 0 Å². The molecule has 0 radical (unpaired) electrons. The van der Waals surface area contributed by atoms with E-state index in [9.17, 15) is 28.8 Å². The largest absolute Gasteiger partial charge is 0.515 e. The van der Waals surface area contributed by atoms with Gasteiger partial charge in [0.05, 0.1) is 50.1 Å². The Morgan fingerprint density at radius 1 is 0.550 bits per heavy atom. The molecule has 12 heteroatoms. The highest BCUT2D eigenvalue weighted by molar-refractivity contribution is 5.93. The van der Waals surface area contributed by atoms with Crippen LogP contribution in [0.3, 0.4) is 0 Å². The van der Waals surface area contributed by atoms with Gasteiger partial charge in [-0.25, -0.2) is 9.59 Å². The number of methoxy groups -OCH3 is 4. The predicted molar refractivity (Wildman–Crippen MR) is 139 cm³/mol. The number of ether oxygens (including phenoxy) is 6. The second-order valence-electron chi connectivity index (χ2n) is 10.6. The van der Waals surface area contributed by atoms with E-state index in [0.717, 1.165) is 14.2 Å². The lowest BCUT2D eigenvalue weighted by Gasteiger charge is -2.46. The summed E-state index contributed by atoms with van der Waals surface area (Å²) in [6.07, 6.45) is 5.72. The monoisotopic (exact) mass is 568 g/mol. The van der Waals surface area contributed by atoms with Crippen LogP contribution in [-0.4, -0.2) is 64.6 Å². The van der Waals surface area contributed by atoms with Gasteiger partial charge in [-0.2, -0.15) is 0 Å². The van der Waals surface area contributed by atoms with Gasteiger partial charge in [-0.05, 0) is 52.4 Å². The molecule has 12 nitrogen and oxygen atoms in total. The van der Waals surface area contributed by atoms with Crippen molar-refractivity contribution in [2.45, 2.75) is 54.4 Å². The molecule has 0 aromatic carbocycles. The average Bonchev–Trinajstić information content (AvgIpc) is 2.93. The third kappa shape index (κ3) is 5.90. The van der Waals surface area contributed by atoms with Crippen LogP contribution in [0.4, 0.5) is 9.59 Å². The topological polar surface area (TPSA) is 158 Å². The first kappa shape index (κ1) is 34.3. The standard InChI is InChI=1S/2C14H20O6/c1-9-7-6-8-13(2,10(15)20-12(17)19-5)14(9,3)11(16)18-4;1-9-7-6-8-13(2,10(15)18-4)14(9,3)11(16)20-12(17)19-5/h2*6-7,9H,8H2,1-5H3/t2*9-,13-,14+/m11/s1. The SMILES string of the molecule is COC(=O)OC(=O)[C@@]1(C)CC=C[C@@H](C)[C@@]1(C)C(=O)OC.COC(=O)OC(=O)[C@]1(C)[C@H](C)C=CC[C@]1(C)C(=O)OC. The Bertz CT molecular complexity index is 1080. The lowest BCUT2D eigenvalue weighted by Crippen LogP contribution is -2.55. The summed E-state index contributed by atoms with van der Waals surface area (Å²) in [5.74, 6) is -3.16. The molecule has 2 aliphatic carbocycles. The summed E-state index contributed by atoms with van der Waals surface area (Å²) in [6.45, 7) is 10.1. The molecule has 0 N–H and O–H groups in total. The van der Waals surface area contributed by atoms with Gasteiger partial charge < -0.3 is 28.4 Å². The van der Waals surface area contributed by atoms with E-state index in [1.807, 2.05) is 25.2 Å². The molecule has 0 bridgehead atoms. The van der Waals surface area contributed by atoms with Crippen LogP contribution < -0.4 is 0 Å². The van der Waals surface area contributed by atoms with E-state index in [0.29, 0.717) is 6.42 Å². The number of rotatable bonds is 4. The van der Waals surface area contributed by atoms with E-state index >= 15 is 0 Å². The molecule has 0 aromatic heterocycles. The minimum absolute atomic E-state index is 0.237. The van der Waals surface area contributed by atoms with Gasteiger partial charge in [0.15, 0.2) is 0 Å². The van der Waals surface area contributed by atoms with E-state index < -0.39 is 57.8 Å². The highest BCUT2D eigenvalue weighted by Gasteiger charge is 2.61. The van der Waals surface area contributed by atoms with Gasteiger partial charge in [0.25, 0.3) is 0 Å². The highest BCUT2D eigenvalue weighted by Crippen LogP contribution is 2.53. The summed E-state index contributed by atoms with van der Waals surface area (Å²) in [4.78, 5) is 71.3. The lowest BCUT2D eigenvalue weighted by molar-refractivity contribution is -0.178. The van der Waals surface area contributed by atoms with E-state index in [4.69, 9.17) is 9.47 Å². The molecule has 0 unspecified atom stereocenters. The van der Waals surface area contributed by atoms with E-state index in [1.54, 1.807) is 40.7 Å². The zero-order valence-electron chi connectivity index (χ0n) is 24.8. The summed E-state index contributed by atoms with van der Waals surface area (Å²) in [5.41, 5.74) is -4.66. The van der Waals surface area contributed by atoms with Crippen LogP contribution in [0, 0.1) is 33.5 Å². The molecule has 0 aromatic rings. The van der Waals surface area contributed by atoms with Gasteiger partial charge in [-0.1, -0.05) is 38.2 Å². The van der Waals surface area contributed by atoms with Crippen molar-refractivity contribution in [2.75, 3.05) is 28.4 Å². The smallest absolute Gasteiger partial charge is 0.469 e. The zero-order valence-corrected chi connectivity index (χ0v) is 24.8. The molecule has 2 rings (SSSR count). The minimum atomic E-state index is -1.22. The molecular formula is C28H40O12. The van der Waals surface area contributed by atoms with Gasteiger partial charge in [0, 0.05) is 0 Å². The van der Waals surface area contributed by atoms with Crippen molar-refractivity contribution >= 4 is 36.2 Å². The Morgan fingerprint density at radius 3 is 1.27 bits per heavy atom. The second-order valence-corrected chi connectivity index (χ2v) is 10.6. The molecule has 0 fully saturated rings. The molecule has 0 aliphatic heterocycles. The summed E-state index contributed by atoms with van der Waals surface area (Å²) in [5, 5.41) is 0. The van der Waals surface area contributed by atoms with Crippen molar-refractivity contribution in [3.63, 3.8) is 0 Å². The van der Waals surface area contributed by atoms with E-state index in [1.165, 1.54) is 14.2 Å². The molecule has 0 saturated heterocycles. The molecule has 0 amide bonds. The van der Waals surface area contributed by atoms with Crippen molar-refractivity contribution in [1.29, 1.82) is 0 Å². The van der Waals surface area contributed by atoms with Crippen molar-refractivity contribution in [2.24, 2.45) is 33.5 Å². The van der Waals surface area contributed by atoms with Crippen molar-refractivity contribution in [3.8, 4) is 0 Å². The van der Waals surface area contributed by atoms with Crippen molar-refractivity contribution < 1.29 is 57.2 Å². The minimum Gasteiger partial charge on any atom is -0.469 e. The Morgan fingerprint density at radius 2 is 0.900 bits per heavy atom. The first-order valence-corrected chi connectivity index (χ1v) is 12.6. The number of hydrogen-bond acceptors (Lipinski definition) is 12. The maximum absolute atomic E-state index is 12.4. The summed E-state index contributed by atoms with van der Waals surface area (Å²) < 4.78 is 27.6. The lowest BCUT2D eigenvalue weighted by atomic mass is 9.55. The number of hydrogen-bond donors (Lipinski definition) is 0. The van der Waals surface area contributed by atoms with Crippen LogP contribution in [0.25, 0.3) is 0 Å². The van der Waals surface area contributed by atoms with E-state index in [-0.39, 0.29) is 18.3 Å². The van der Waals surface area contributed by atoms with Crippen LogP contribution in [0.1, 0.15) is 54.4 Å². The zero-order chi connectivity index (χ0) is 31.1. The van der Waals surface area contributed by atoms with Gasteiger partial charge in [0.1, 0.15) is 0 Å². The maximum Gasteiger partial charge on any atom is 0.515 e. The number of esters is 4.